The molecule has 0 bridgehead atoms. The number of nitrogens with two attached hydrogens (primary N) is 1. The molecule has 0 aliphatic rings. The van der Waals surface area contributed by atoms with Crippen LogP contribution in [0.4, 0.5) is 0 Å². The van der Waals surface area contributed by atoms with Gasteiger partial charge in [-0.25, -0.2) is 5.84 Å². The first kappa shape index (κ1) is 10.7. The van der Waals surface area contributed by atoms with Gasteiger partial charge < -0.3 is 5.43 Å². The molecule has 78 valence electrons. The van der Waals surface area contributed by atoms with Gasteiger partial charge in [-0.3, -0.25) is 9.67 Å². The molecule has 14 heavy (non-hydrogen) atoms. The summed E-state index contributed by atoms with van der Waals surface area (Å²) < 4.78 is 1.88. The van der Waals surface area contributed by atoms with Gasteiger partial charge in [0.1, 0.15) is 5.69 Å². The summed E-state index contributed by atoms with van der Waals surface area (Å²) in [6, 6.07) is 1.97. The molecule has 3 N–H and O–H groups in total. The highest BCUT2D eigenvalue weighted by Crippen LogP contribution is 2.03. The molecular formula is C9H17N5. The van der Waals surface area contributed by atoms with Crippen molar-refractivity contribution in [3.05, 3.63) is 17.5 Å². The van der Waals surface area contributed by atoms with E-state index in [9.17, 15) is 0 Å². The number of aryl methyl sites for hydroxylation is 2. The van der Waals surface area contributed by atoms with Crippen molar-refractivity contribution in [1.29, 1.82) is 0 Å². The lowest BCUT2D eigenvalue weighted by Gasteiger charge is -2.06. The van der Waals surface area contributed by atoms with Crippen molar-refractivity contribution in [3.63, 3.8) is 0 Å². The topological polar surface area (TPSA) is 68.2 Å². The second kappa shape index (κ2) is 4.76. The second-order valence-corrected chi connectivity index (χ2v) is 2.95. The van der Waals surface area contributed by atoms with Crippen LogP contribution in [0, 0.1) is 6.92 Å². The summed E-state index contributed by atoms with van der Waals surface area (Å²) in [5, 5.41) is 4.32. The predicted molar refractivity (Wildman–Crippen MR) is 57.0 cm³/mol. The summed E-state index contributed by atoms with van der Waals surface area (Å²) in [6.45, 7) is 7.48. The third-order valence-electron chi connectivity index (χ3n) is 1.90. The molecule has 0 aliphatic heterocycles. The van der Waals surface area contributed by atoms with E-state index in [0.717, 1.165) is 17.9 Å². The smallest absolute Gasteiger partial charge is 0.161 e. The van der Waals surface area contributed by atoms with Crippen LogP contribution >= 0.6 is 0 Å². The van der Waals surface area contributed by atoms with E-state index in [4.69, 9.17) is 5.84 Å². The summed E-state index contributed by atoms with van der Waals surface area (Å²) in [7, 11) is 0. The van der Waals surface area contributed by atoms with E-state index in [1.54, 1.807) is 0 Å². The van der Waals surface area contributed by atoms with Crippen molar-refractivity contribution in [2.24, 2.45) is 10.8 Å². The number of hydrogen-bond donors (Lipinski definition) is 2. The highest BCUT2D eigenvalue weighted by molar-refractivity contribution is 5.96. The lowest BCUT2D eigenvalue weighted by Crippen LogP contribution is -2.33. The molecule has 1 heterocycles. The summed E-state index contributed by atoms with van der Waals surface area (Å²) >= 11 is 0. The zero-order chi connectivity index (χ0) is 10.6. The average Bonchev–Trinajstić information content (AvgIpc) is 2.55. The van der Waals surface area contributed by atoms with Crippen LogP contribution in [0.5, 0.6) is 0 Å². The fourth-order valence-corrected chi connectivity index (χ4v) is 1.34. The van der Waals surface area contributed by atoms with Crippen LogP contribution in [0.25, 0.3) is 0 Å². The van der Waals surface area contributed by atoms with Crippen molar-refractivity contribution in [1.82, 2.24) is 15.2 Å². The lowest BCUT2D eigenvalue weighted by atomic mass is 10.3. The largest absolute Gasteiger partial charge is 0.307 e. The molecule has 0 unspecified atom stereocenters. The second-order valence-electron chi connectivity index (χ2n) is 2.95. The Bertz CT molecular complexity index is 326. The third-order valence-corrected chi connectivity index (χ3v) is 1.90. The number of amidine groups is 1. The standard InChI is InChI=1S/C9H17N5/c1-4-11-9(12-10)8-6-7(3)13-14(8)5-2/h6H,4-5,10H2,1-3H3,(H,11,12). The first-order valence-corrected chi connectivity index (χ1v) is 4.78. The molecule has 0 fully saturated rings. The Hall–Kier alpha value is -1.36. The van der Waals surface area contributed by atoms with E-state index >= 15 is 0 Å². The Morgan fingerprint density at radius 1 is 1.64 bits per heavy atom. The van der Waals surface area contributed by atoms with Crippen molar-refractivity contribution in [2.45, 2.75) is 27.3 Å². The quantitative estimate of drug-likeness (QED) is 0.318. The molecule has 0 atom stereocenters. The fraction of sp³-hybridized carbons (Fsp3) is 0.556. The number of hydrazine groups is 1. The summed E-state index contributed by atoms with van der Waals surface area (Å²) in [4.78, 5) is 4.25. The molecule has 0 aliphatic carbocycles. The van der Waals surface area contributed by atoms with Gasteiger partial charge in [0, 0.05) is 13.1 Å². The lowest BCUT2D eigenvalue weighted by molar-refractivity contribution is 0.644. The molecule has 0 saturated carbocycles. The van der Waals surface area contributed by atoms with E-state index in [1.165, 1.54) is 0 Å². The zero-order valence-electron chi connectivity index (χ0n) is 8.91. The van der Waals surface area contributed by atoms with Crippen LogP contribution in [-0.4, -0.2) is 22.2 Å². The van der Waals surface area contributed by atoms with Gasteiger partial charge >= 0.3 is 0 Å². The van der Waals surface area contributed by atoms with Gasteiger partial charge in [-0.15, -0.1) is 0 Å². The van der Waals surface area contributed by atoms with Crippen LogP contribution in [0.1, 0.15) is 25.2 Å². The van der Waals surface area contributed by atoms with Crippen molar-refractivity contribution in [3.8, 4) is 0 Å². The highest BCUT2D eigenvalue weighted by Gasteiger charge is 2.08. The van der Waals surface area contributed by atoms with Gasteiger partial charge in [-0.05, 0) is 26.8 Å². The molecule has 0 aromatic carbocycles. The van der Waals surface area contributed by atoms with Crippen molar-refractivity contribution < 1.29 is 0 Å². The van der Waals surface area contributed by atoms with E-state index in [2.05, 4.69) is 15.5 Å². The van der Waals surface area contributed by atoms with Gasteiger partial charge in [-0.1, -0.05) is 0 Å². The van der Waals surface area contributed by atoms with Crippen molar-refractivity contribution >= 4 is 5.84 Å². The first-order valence-electron chi connectivity index (χ1n) is 4.78. The predicted octanol–water partition coefficient (Wildman–Crippen LogP) is 0.441. The fourth-order valence-electron chi connectivity index (χ4n) is 1.34. The number of nitrogens with one attached hydrogen (secondary N) is 1. The third kappa shape index (κ3) is 2.11. The Morgan fingerprint density at radius 2 is 2.36 bits per heavy atom. The van der Waals surface area contributed by atoms with Crippen molar-refractivity contribution in [2.75, 3.05) is 6.54 Å². The van der Waals surface area contributed by atoms with E-state index in [0.29, 0.717) is 12.4 Å². The molecule has 0 spiro atoms. The van der Waals surface area contributed by atoms with E-state index < -0.39 is 0 Å². The Morgan fingerprint density at radius 3 is 2.86 bits per heavy atom. The maximum Gasteiger partial charge on any atom is 0.161 e. The van der Waals surface area contributed by atoms with Crippen LogP contribution < -0.4 is 11.3 Å². The van der Waals surface area contributed by atoms with Gasteiger partial charge in [-0.2, -0.15) is 5.10 Å². The first-order chi connectivity index (χ1) is 6.72. The summed E-state index contributed by atoms with van der Waals surface area (Å²) in [5.41, 5.74) is 4.51. The Kier molecular flexibility index (Phi) is 3.64. The van der Waals surface area contributed by atoms with Gasteiger partial charge in [0.2, 0.25) is 0 Å². The molecule has 0 radical (unpaired) electrons. The zero-order valence-corrected chi connectivity index (χ0v) is 8.91. The summed E-state index contributed by atoms with van der Waals surface area (Å²) in [5.74, 6) is 6.09. The van der Waals surface area contributed by atoms with E-state index in [1.807, 2.05) is 31.5 Å². The van der Waals surface area contributed by atoms with Crippen LogP contribution in [0.2, 0.25) is 0 Å². The minimum absolute atomic E-state index is 0.690. The van der Waals surface area contributed by atoms with E-state index in [-0.39, 0.29) is 0 Å². The number of aliphatic imine (C=N–C) groups is 1. The minimum Gasteiger partial charge on any atom is -0.307 e. The SMILES string of the molecule is CCN=C(NN)c1cc(C)nn1CC. The average molecular weight is 195 g/mol. The molecule has 5 nitrogen and oxygen atoms in total. The van der Waals surface area contributed by atoms with Gasteiger partial charge in [0.25, 0.3) is 0 Å². The minimum atomic E-state index is 0.690. The number of rotatable bonds is 3. The molecule has 1 aromatic rings. The normalized spacial score (nSPS) is 11.9. The molecule has 5 heteroatoms. The highest BCUT2D eigenvalue weighted by atomic mass is 15.3. The Balaban J connectivity index is 3.08. The van der Waals surface area contributed by atoms with Gasteiger partial charge in [0.05, 0.1) is 5.69 Å². The Labute approximate surface area is 84.0 Å². The number of hydrogen-bond acceptors (Lipinski definition) is 3. The monoisotopic (exact) mass is 195 g/mol. The van der Waals surface area contributed by atoms with Gasteiger partial charge in [0.15, 0.2) is 5.84 Å². The maximum atomic E-state index is 5.40. The molecule has 1 aromatic heterocycles. The molecule has 0 saturated heterocycles. The summed E-state index contributed by atoms with van der Waals surface area (Å²) in [6.07, 6.45) is 0. The molecule has 0 amide bonds. The van der Waals surface area contributed by atoms with Crippen LogP contribution in [-0.2, 0) is 6.54 Å². The molecular weight excluding hydrogens is 178 g/mol. The number of nitrogens with zero attached hydrogens (tertiary/aromatic N) is 3. The van der Waals surface area contributed by atoms with Crippen LogP contribution in [0.3, 0.4) is 0 Å². The molecule has 1 rings (SSSR count). The number of aromatic nitrogens is 2. The van der Waals surface area contributed by atoms with Crippen LogP contribution in [0.15, 0.2) is 11.1 Å². The maximum absolute atomic E-state index is 5.40.